The predicted octanol–water partition coefficient (Wildman–Crippen LogP) is 4.81. The fraction of sp³-hybridized carbons (Fsp3) is 0.0952. The lowest BCUT2D eigenvalue weighted by Gasteiger charge is -2.06. The number of aromatic nitrogens is 3. The average molecular weight is 374 g/mol. The first-order chi connectivity index (χ1) is 13.2. The maximum Gasteiger partial charge on any atom is 0.276 e. The van der Waals surface area contributed by atoms with Crippen molar-refractivity contribution in [3.63, 3.8) is 0 Å². The van der Waals surface area contributed by atoms with E-state index in [1.807, 2.05) is 61.7 Å². The number of carbonyl (C=O) groups excluding carboxylic acids is 1. The fourth-order valence-corrected chi connectivity index (χ4v) is 3.61. The van der Waals surface area contributed by atoms with Crippen LogP contribution in [0, 0.1) is 6.92 Å². The standard InChI is InChI=1S/C21H18N4OS/c1-14-4-9-19-18(11-14)20(25-24-19)21(26)23-16-5-7-17(8-6-16)27-13-15-3-2-10-22-12-15/h2-12H,13H2,1H3,(H,23,26)(H,24,25). The molecule has 4 rings (SSSR count). The Morgan fingerprint density at radius 1 is 1.15 bits per heavy atom. The molecule has 6 heteroatoms. The number of anilines is 1. The summed E-state index contributed by atoms with van der Waals surface area (Å²) >= 11 is 1.73. The molecular formula is C21H18N4OS. The van der Waals surface area contributed by atoms with E-state index in [2.05, 4.69) is 26.6 Å². The van der Waals surface area contributed by atoms with E-state index in [0.29, 0.717) is 5.69 Å². The Labute approximate surface area is 161 Å². The van der Waals surface area contributed by atoms with Gasteiger partial charge in [-0.2, -0.15) is 5.10 Å². The van der Waals surface area contributed by atoms with Crippen LogP contribution in [-0.2, 0) is 5.75 Å². The van der Waals surface area contributed by atoms with Crippen LogP contribution in [0.2, 0.25) is 0 Å². The maximum atomic E-state index is 12.6. The van der Waals surface area contributed by atoms with Gasteiger partial charge in [-0.1, -0.05) is 17.7 Å². The molecule has 0 radical (unpaired) electrons. The molecule has 1 amide bonds. The van der Waals surface area contributed by atoms with E-state index < -0.39 is 0 Å². The summed E-state index contributed by atoms with van der Waals surface area (Å²) < 4.78 is 0. The smallest absolute Gasteiger partial charge is 0.276 e. The molecule has 2 N–H and O–H groups in total. The summed E-state index contributed by atoms with van der Waals surface area (Å²) in [6.07, 6.45) is 3.65. The Balaban J connectivity index is 1.43. The molecule has 0 saturated heterocycles. The molecule has 0 saturated carbocycles. The molecule has 0 atom stereocenters. The lowest BCUT2D eigenvalue weighted by molar-refractivity contribution is 0.102. The highest BCUT2D eigenvalue weighted by Crippen LogP contribution is 2.24. The van der Waals surface area contributed by atoms with Gasteiger partial charge >= 0.3 is 0 Å². The number of H-pyrrole nitrogens is 1. The zero-order chi connectivity index (χ0) is 18.6. The zero-order valence-corrected chi connectivity index (χ0v) is 15.6. The van der Waals surface area contributed by atoms with E-state index >= 15 is 0 Å². The minimum Gasteiger partial charge on any atom is -0.321 e. The number of rotatable bonds is 5. The molecule has 0 bridgehead atoms. The fourth-order valence-electron chi connectivity index (χ4n) is 2.78. The van der Waals surface area contributed by atoms with E-state index in [4.69, 9.17) is 0 Å². The van der Waals surface area contributed by atoms with E-state index in [0.717, 1.165) is 32.8 Å². The molecule has 0 aliphatic rings. The van der Waals surface area contributed by atoms with Crippen LogP contribution in [0.4, 0.5) is 5.69 Å². The molecule has 2 aromatic heterocycles. The molecule has 0 fully saturated rings. The van der Waals surface area contributed by atoms with Crippen LogP contribution in [0.3, 0.4) is 0 Å². The lowest BCUT2D eigenvalue weighted by atomic mass is 10.1. The summed E-state index contributed by atoms with van der Waals surface area (Å²) in [6, 6.07) is 17.7. The third-order valence-corrected chi connectivity index (χ3v) is 5.26. The van der Waals surface area contributed by atoms with Crippen LogP contribution in [0.25, 0.3) is 10.9 Å². The first kappa shape index (κ1) is 17.3. The molecule has 0 spiro atoms. The van der Waals surface area contributed by atoms with Gasteiger partial charge in [0.2, 0.25) is 0 Å². The molecule has 134 valence electrons. The monoisotopic (exact) mass is 374 g/mol. The van der Waals surface area contributed by atoms with Crippen molar-refractivity contribution in [2.24, 2.45) is 0 Å². The van der Waals surface area contributed by atoms with Gasteiger partial charge in [0, 0.05) is 34.1 Å². The molecule has 0 aliphatic heterocycles. The second-order valence-electron chi connectivity index (χ2n) is 6.25. The van der Waals surface area contributed by atoms with E-state index in [9.17, 15) is 4.79 Å². The van der Waals surface area contributed by atoms with Crippen LogP contribution < -0.4 is 5.32 Å². The average Bonchev–Trinajstić information content (AvgIpc) is 3.11. The number of aryl methyl sites for hydroxylation is 1. The summed E-state index contributed by atoms with van der Waals surface area (Å²) in [5, 5.41) is 10.8. The number of amides is 1. The number of nitrogens with zero attached hydrogens (tertiary/aromatic N) is 2. The number of carbonyl (C=O) groups is 1. The van der Waals surface area contributed by atoms with Crippen LogP contribution in [0.15, 0.2) is 71.9 Å². The Morgan fingerprint density at radius 2 is 2.00 bits per heavy atom. The van der Waals surface area contributed by atoms with Crippen molar-refractivity contribution in [3.8, 4) is 0 Å². The van der Waals surface area contributed by atoms with Crippen LogP contribution in [0.1, 0.15) is 21.6 Å². The third-order valence-electron chi connectivity index (χ3n) is 4.17. The summed E-state index contributed by atoms with van der Waals surface area (Å²) in [7, 11) is 0. The topological polar surface area (TPSA) is 70.7 Å². The van der Waals surface area contributed by atoms with Crippen molar-refractivity contribution >= 4 is 34.3 Å². The minimum absolute atomic E-state index is 0.220. The van der Waals surface area contributed by atoms with Crippen molar-refractivity contribution in [1.82, 2.24) is 15.2 Å². The number of nitrogens with one attached hydrogen (secondary N) is 2. The zero-order valence-electron chi connectivity index (χ0n) is 14.8. The number of thioether (sulfide) groups is 1. The molecule has 0 unspecified atom stereocenters. The highest BCUT2D eigenvalue weighted by molar-refractivity contribution is 7.98. The normalized spacial score (nSPS) is 10.9. The van der Waals surface area contributed by atoms with Crippen LogP contribution in [0.5, 0.6) is 0 Å². The van der Waals surface area contributed by atoms with Gasteiger partial charge in [0.25, 0.3) is 5.91 Å². The van der Waals surface area contributed by atoms with Gasteiger partial charge in [0.05, 0.1) is 5.52 Å². The maximum absolute atomic E-state index is 12.6. The molecule has 27 heavy (non-hydrogen) atoms. The second kappa shape index (κ2) is 7.63. The first-order valence-corrected chi connectivity index (χ1v) is 9.55. The summed E-state index contributed by atoms with van der Waals surface area (Å²) in [5.41, 5.74) is 4.28. The van der Waals surface area contributed by atoms with Gasteiger partial charge in [-0.05, 0) is 55.0 Å². The molecule has 5 nitrogen and oxygen atoms in total. The number of benzene rings is 2. The van der Waals surface area contributed by atoms with Crippen molar-refractivity contribution in [2.75, 3.05) is 5.32 Å². The van der Waals surface area contributed by atoms with Gasteiger partial charge < -0.3 is 5.32 Å². The van der Waals surface area contributed by atoms with Gasteiger partial charge in [0.1, 0.15) is 0 Å². The number of fused-ring (bicyclic) bond motifs is 1. The van der Waals surface area contributed by atoms with Crippen molar-refractivity contribution in [3.05, 3.63) is 83.8 Å². The third kappa shape index (κ3) is 4.01. The number of hydrogen-bond donors (Lipinski definition) is 2. The highest BCUT2D eigenvalue weighted by atomic mass is 32.2. The Hall–Kier alpha value is -3.12. The Kier molecular flexibility index (Phi) is 4.89. The number of pyridine rings is 1. The molecule has 4 aromatic rings. The second-order valence-corrected chi connectivity index (χ2v) is 7.30. The van der Waals surface area contributed by atoms with E-state index in [-0.39, 0.29) is 5.91 Å². The predicted molar refractivity (Wildman–Crippen MR) is 109 cm³/mol. The van der Waals surface area contributed by atoms with Crippen LogP contribution >= 0.6 is 11.8 Å². The van der Waals surface area contributed by atoms with Crippen molar-refractivity contribution in [1.29, 1.82) is 0 Å². The minimum atomic E-state index is -0.220. The largest absolute Gasteiger partial charge is 0.321 e. The van der Waals surface area contributed by atoms with Gasteiger partial charge in [-0.3, -0.25) is 14.9 Å². The van der Waals surface area contributed by atoms with Crippen molar-refractivity contribution in [2.45, 2.75) is 17.6 Å². The number of hydrogen-bond acceptors (Lipinski definition) is 4. The summed E-state index contributed by atoms with van der Waals surface area (Å²) in [4.78, 5) is 17.9. The summed E-state index contributed by atoms with van der Waals surface area (Å²) in [6.45, 7) is 2.00. The van der Waals surface area contributed by atoms with Gasteiger partial charge in [-0.15, -0.1) is 11.8 Å². The highest BCUT2D eigenvalue weighted by Gasteiger charge is 2.14. The van der Waals surface area contributed by atoms with E-state index in [1.165, 1.54) is 5.56 Å². The SMILES string of the molecule is Cc1ccc2[nH]nc(C(=O)Nc3ccc(SCc4cccnc4)cc3)c2c1. The molecule has 2 aromatic carbocycles. The molecular weight excluding hydrogens is 356 g/mol. The summed E-state index contributed by atoms with van der Waals surface area (Å²) in [5.74, 6) is 0.639. The van der Waals surface area contributed by atoms with E-state index in [1.54, 1.807) is 18.0 Å². The Morgan fingerprint density at radius 3 is 2.78 bits per heavy atom. The lowest BCUT2D eigenvalue weighted by Crippen LogP contribution is -2.12. The van der Waals surface area contributed by atoms with Crippen molar-refractivity contribution < 1.29 is 4.79 Å². The first-order valence-electron chi connectivity index (χ1n) is 8.57. The molecule has 2 heterocycles. The van der Waals surface area contributed by atoms with Gasteiger partial charge in [-0.25, -0.2) is 0 Å². The quantitative estimate of drug-likeness (QED) is 0.492. The number of aromatic amines is 1. The van der Waals surface area contributed by atoms with Gasteiger partial charge in [0.15, 0.2) is 5.69 Å². The Bertz CT molecular complexity index is 1070. The molecule has 0 aliphatic carbocycles. The van der Waals surface area contributed by atoms with Crippen LogP contribution in [-0.4, -0.2) is 21.1 Å².